The summed E-state index contributed by atoms with van der Waals surface area (Å²) in [5, 5.41) is 0. The summed E-state index contributed by atoms with van der Waals surface area (Å²) in [6.45, 7) is 0. The van der Waals surface area contributed by atoms with Gasteiger partial charge in [0, 0.05) is 40.1 Å². The maximum absolute atomic E-state index is 2.40. The fraction of sp³-hybridized carbons (Fsp3) is 0.0741. The molecule has 2 heteroatoms. The molecule has 0 heterocycles. The van der Waals surface area contributed by atoms with Crippen LogP contribution in [0.5, 0.6) is 0 Å². The molecule has 0 amide bonds. The molecule has 7 aromatic rings. The molecular formula is C54H44N2. The Bertz CT molecular complexity index is 2530. The quantitative estimate of drug-likeness (QED) is 0.139. The number of benzene rings is 7. The first kappa shape index (κ1) is 34.8. The van der Waals surface area contributed by atoms with Gasteiger partial charge in [0.1, 0.15) is 0 Å². The Morgan fingerprint density at radius 1 is 0.357 bits per heavy atom. The van der Waals surface area contributed by atoms with Crippen LogP contribution in [0.4, 0.5) is 28.4 Å². The minimum atomic E-state index is 0.434. The van der Waals surface area contributed by atoms with Crippen molar-refractivity contribution >= 4 is 28.4 Å². The van der Waals surface area contributed by atoms with Crippen molar-refractivity contribution in [2.75, 3.05) is 9.80 Å². The lowest BCUT2D eigenvalue weighted by Crippen LogP contribution is -2.18. The summed E-state index contributed by atoms with van der Waals surface area (Å²) in [6.07, 6.45) is 17.4. The van der Waals surface area contributed by atoms with Crippen LogP contribution in [-0.4, -0.2) is 0 Å². The van der Waals surface area contributed by atoms with E-state index in [1.807, 2.05) is 0 Å². The van der Waals surface area contributed by atoms with Crippen molar-refractivity contribution in [3.05, 3.63) is 236 Å². The molecule has 7 aromatic carbocycles. The number of nitrogens with zero attached hydrogens (tertiary/aromatic N) is 2. The molecule has 270 valence electrons. The maximum atomic E-state index is 2.40. The van der Waals surface area contributed by atoms with Crippen LogP contribution >= 0.6 is 0 Å². The third kappa shape index (κ3) is 7.56. The number of rotatable bonds is 10. The van der Waals surface area contributed by atoms with Crippen LogP contribution in [0.3, 0.4) is 0 Å². The first-order valence-corrected chi connectivity index (χ1v) is 19.7. The highest BCUT2D eigenvalue weighted by Gasteiger charge is 2.20. The molecule has 0 spiro atoms. The molecule has 1 unspecified atom stereocenters. The van der Waals surface area contributed by atoms with Crippen molar-refractivity contribution in [2.24, 2.45) is 5.92 Å². The van der Waals surface area contributed by atoms with Gasteiger partial charge in [-0.2, -0.15) is 0 Å². The van der Waals surface area contributed by atoms with Crippen LogP contribution in [0.1, 0.15) is 19.3 Å². The van der Waals surface area contributed by atoms with E-state index in [2.05, 4.69) is 234 Å². The summed E-state index contributed by atoms with van der Waals surface area (Å²) in [6, 6.07) is 67.5. The van der Waals surface area contributed by atoms with E-state index in [1.54, 1.807) is 0 Å². The van der Waals surface area contributed by atoms with Crippen LogP contribution in [0.25, 0.3) is 33.4 Å². The zero-order valence-electron chi connectivity index (χ0n) is 31.5. The smallest absolute Gasteiger partial charge is 0.0467 e. The third-order valence-electron chi connectivity index (χ3n) is 10.8. The van der Waals surface area contributed by atoms with Gasteiger partial charge in [0.05, 0.1) is 0 Å². The minimum absolute atomic E-state index is 0.434. The first-order valence-electron chi connectivity index (χ1n) is 19.7. The zero-order chi connectivity index (χ0) is 37.5. The number of allylic oxidation sites excluding steroid dienone is 7. The van der Waals surface area contributed by atoms with Gasteiger partial charge in [0.2, 0.25) is 0 Å². The van der Waals surface area contributed by atoms with Crippen LogP contribution < -0.4 is 9.80 Å². The van der Waals surface area contributed by atoms with Gasteiger partial charge in [-0.3, -0.25) is 0 Å². The van der Waals surface area contributed by atoms with Crippen LogP contribution in [0.2, 0.25) is 0 Å². The maximum Gasteiger partial charge on any atom is 0.0467 e. The minimum Gasteiger partial charge on any atom is -0.311 e. The fourth-order valence-corrected chi connectivity index (χ4v) is 7.92. The standard InChI is InChI=1S/C54H44N2/c1-5-15-41(16-6-1)43-27-33-51(34-28-43)55(49-22-9-3-10-23-49)52-37-31-45(32-38-52)46-19-13-20-47(39-46)48-21-14-26-54(40-48)56(50-24-11-4-12-25-50)53-35-29-44(30-36-53)42-17-7-2-8-18-42/h1,3-7,9-29,31-40,44H,2,8,30H2. The van der Waals surface area contributed by atoms with Gasteiger partial charge in [-0.05, 0) is 131 Å². The van der Waals surface area contributed by atoms with Crippen molar-refractivity contribution in [3.8, 4) is 33.4 Å². The van der Waals surface area contributed by atoms with Gasteiger partial charge in [0.25, 0.3) is 0 Å². The number of para-hydroxylation sites is 2. The monoisotopic (exact) mass is 720 g/mol. The second kappa shape index (κ2) is 16.2. The van der Waals surface area contributed by atoms with Crippen molar-refractivity contribution in [2.45, 2.75) is 19.3 Å². The summed E-state index contributed by atoms with van der Waals surface area (Å²) in [4.78, 5) is 4.71. The molecule has 0 saturated carbocycles. The third-order valence-corrected chi connectivity index (χ3v) is 10.8. The zero-order valence-corrected chi connectivity index (χ0v) is 31.5. The SMILES string of the molecule is C1=CC(C2C=CC(N(c3ccccc3)c3cccc(-c4cccc(-c5ccc(N(c6ccccc6)c6ccc(-c7ccccc7)cc6)cc5)c4)c3)=CC2)=CCC1. The fourth-order valence-electron chi connectivity index (χ4n) is 7.92. The highest BCUT2D eigenvalue weighted by Crippen LogP contribution is 2.39. The molecule has 0 radical (unpaired) electrons. The molecule has 1 atom stereocenters. The summed E-state index contributed by atoms with van der Waals surface area (Å²) in [5.74, 6) is 0.434. The molecule has 0 aliphatic heterocycles. The van der Waals surface area contributed by atoms with Crippen LogP contribution in [0.15, 0.2) is 236 Å². The Labute approximate surface area is 331 Å². The van der Waals surface area contributed by atoms with E-state index in [1.165, 1.54) is 44.7 Å². The molecule has 0 fully saturated rings. The first-order chi connectivity index (χ1) is 27.8. The van der Waals surface area contributed by atoms with E-state index in [9.17, 15) is 0 Å². The van der Waals surface area contributed by atoms with Gasteiger partial charge in [-0.1, -0.05) is 152 Å². The second-order valence-corrected chi connectivity index (χ2v) is 14.4. The Balaban J connectivity index is 0.994. The molecule has 0 saturated heterocycles. The van der Waals surface area contributed by atoms with Gasteiger partial charge in [-0.25, -0.2) is 0 Å². The number of anilines is 5. The summed E-state index contributed by atoms with van der Waals surface area (Å²) in [5.41, 5.74) is 15.5. The molecule has 0 aromatic heterocycles. The van der Waals surface area contributed by atoms with E-state index in [0.29, 0.717) is 5.92 Å². The van der Waals surface area contributed by atoms with Crippen molar-refractivity contribution in [3.63, 3.8) is 0 Å². The summed E-state index contributed by atoms with van der Waals surface area (Å²) < 4.78 is 0. The van der Waals surface area contributed by atoms with Gasteiger partial charge in [-0.15, -0.1) is 0 Å². The Morgan fingerprint density at radius 2 is 0.839 bits per heavy atom. The largest absolute Gasteiger partial charge is 0.311 e. The van der Waals surface area contributed by atoms with Gasteiger partial charge >= 0.3 is 0 Å². The molecule has 9 rings (SSSR count). The van der Waals surface area contributed by atoms with E-state index in [-0.39, 0.29) is 0 Å². The second-order valence-electron chi connectivity index (χ2n) is 14.4. The number of hydrogen-bond donors (Lipinski definition) is 0. The highest BCUT2D eigenvalue weighted by molar-refractivity contribution is 5.82. The van der Waals surface area contributed by atoms with Crippen LogP contribution in [-0.2, 0) is 0 Å². The Hall–Kier alpha value is -6.90. The van der Waals surface area contributed by atoms with Crippen molar-refractivity contribution in [1.29, 1.82) is 0 Å². The van der Waals surface area contributed by atoms with Crippen LogP contribution in [0, 0.1) is 5.92 Å². The number of hydrogen-bond acceptors (Lipinski definition) is 2. The highest BCUT2D eigenvalue weighted by atomic mass is 15.1. The van der Waals surface area contributed by atoms with E-state index in [4.69, 9.17) is 0 Å². The van der Waals surface area contributed by atoms with Gasteiger partial charge < -0.3 is 9.80 Å². The molecular weight excluding hydrogens is 677 g/mol. The molecule has 56 heavy (non-hydrogen) atoms. The molecule has 2 nitrogen and oxygen atoms in total. The van der Waals surface area contributed by atoms with Gasteiger partial charge in [0.15, 0.2) is 0 Å². The lowest BCUT2D eigenvalue weighted by Gasteiger charge is -2.29. The Kier molecular flexibility index (Phi) is 10.1. The van der Waals surface area contributed by atoms with Crippen molar-refractivity contribution in [1.82, 2.24) is 0 Å². The average molecular weight is 721 g/mol. The Morgan fingerprint density at radius 3 is 1.43 bits per heavy atom. The topological polar surface area (TPSA) is 6.48 Å². The van der Waals surface area contributed by atoms with Crippen molar-refractivity contribution < 1.29 is 0 Å². The predicted octanol–water partition coefficient (Wildman–Crippen LogP) is 15.0. The van der Waals surface area contributed by atoms with E-state index in [0.717, 1.165) is 47.7 Å². The lowest BCUT2D eigenvalue weighted by atomic mass is 9.88. The molecule has 0 bridgehead atoms. The normalized spacial score (nSPS) is 14.8. The predicted molar refractivity (Wildman–Crippen MR) is 238 cm³/mol. The molecule has 2 aliphatic rings. The molecule has 0 N–H and O–H groups in total. The van der Waals surface area contributed by atoms with E-state index >= 15 is 0 Å². The summed E-state index contributed by atoms with van der Waals surface area (Å²) in [7, 11) is 0. The summed E-state index contributed by atoms with van der Waals surface area (Å²) >= 11 is 0. The molecule has 2 aliphatic carbocycles. The lowest BCUT2D eigenvalue weighted by molar-refractivity contribution is 0.762. The van der Waals surface area contributed by atoms with E-state index < -0.39 is 0 Å². The average Bonchev–Trinajstić information content (AvgIpc) is 3.29.